The molecule has 2 aliphatic rings. The summed E-state index contributed by atoms with van der Waals surface area (Å²) in [5.74, 6) is 1.52. The lowest BCUT2D eigenvalue weighted by Gasteiger charge is -2.26. The molecule has 1 saturated carbocycles. The van der Waals surface area contributed by atoms with Crippen molar-refractivity contribution in [1.29, 1.82) is 0 Å². The molecular weight excluding hydrogens is 250 g/mol. The first-order valence-corrected chi connectivity index (χ1v) is 8.29. The second-order valence-electron chi connectivity index (χ2n) is 7.03. The van der Waals surface area contributed by atoms with Gasteiger partial charge in [0.25, 0.3) is 0 Å². The molecule has 116 valence electrons. The Morgan fingerprint density at radius 2 is 2.00 bits per heavy atom. The quantitative estimate of drug-likeness (QED) is 0.710. The van der Waals surface area contributed by atoms with Crippen LogP contribution in [0.5, 0.6) is 0 Å². The zero-order valence-corrected chi connectivity index (χ0v) is 13.3. The Hall–Kier alpha value is -0.610. The number of carbonyl (C=O) groups is 1. The van der Waals surface area contributed by atoms with Crippen molar-refractivity contribution in [3.63, 3.8) is 0 Å². The summed E-state index contributed by atoms with van der Waals surface area (Å²) in [5, 5.41) is 6.67. The fourth-order valence-electron chi connectivity index (χ4n) is 2.76. The van der Waals surface area contributed by atoms with Crippen LogP contribution < -0.4 is 10.6 Å². The maximum absolute atomic E-state index is 12.2. The lowest BCUT2D eigenvalue weighted by atomic mass is 10.1. The number of hydrogen-bond donors (Lipinski definition) is 2. The molecule has 1 aliphatic heterocycles. The molecule has 2 atom stereocenters. The third kappa shape index (κ3) is 5.41. The molecule has 0 spiro atoms. The van der Waals surface area contributed by atoms with E-state index in [-0.39, 0.29) is 11.9 Å². The van der Waals surface area contributed by atoms with Crippen LogP contribution in [0.4, 0.5) is 0 Å². The summed E-state index contributed by atoms with van der Waals surface area (Å²) in [4.78, 5) is 14.5. The smallest absolute Gasteiger partial charge is 0.234 e. The Kier molecular flexibility index (Phi) is 5.85. The third-order valence-corrected chi connectivity index (χ3v) is 4.61. The van der Waals surface area contributed by atoms with Crippen molar-refractivity contribution in [2.45, 2.75) is 58.5 Å². The molecule has 20 heavy (non-hydrogen) atoms. The zero-order chi connectivity index (χ0) is 14.5. The van der Waals surface area contributed by atoms with E-state index in [4.69, 9.17) is 0 Å². The van der Waals surface area contributed by atoms with E-state index in [9.17, 15) is 4.79 Å². The van der Waals surface area contributed by atoms with E-state index in [1.165, 1.54) is 25.7 Å². The van der Waals surface area contributed by atoms with Gasteiger partial charge in [0, 0.05) is 25.2 Å². The molecule has 1 saturated heterocycles. The Balaban J connectivity index is 1.77. The van der Waals surface area contributed by atoms with E-state index in [0.717, 1.165) is 25.6 Å². The monoisotopic (exact) mass is 281 g/mol. The van der Waals surface area contributed by atoms with Gasteiger partial charge in [0.15, 0.2) is 0 Å². The number of nitrogens with zero attached hydrogens (tertiary/aromatic N) is 1. The second-order valence-corrected chi connectivity index (χ2v) is 7.03. The number of nitrogens with one attached hydrogen (secondary N) is 2. The summed E-state index contributed by atoms with van der Waals surface area (Å²) in [6.07, 6.45) is 5.22. The molecule has 1 heterocycles. The van der Waals surface area contributed by atoms with Gasteiger partial charge >= 0.3 is 0 Å². The molecule has 1 amide bonds. The van der Waals surface area contributed by atoms with E-state index < -0.39 is 0 Å². The van der Waals surface area contributed by atoms with Crippen LogP contribution in [0.15, 0.2) is 0 Å². The standard InChI is InChI=1S/C16H31N3O/c1-12(2)13(3)18-16(20)11-19(9-14-6-7-14)10-15-5-4-8-17-15/h12-15,17H,4-11H2,1-3H3,(H,18,20). The number of amides is 1. The Morgan fingerprint density at radius 3 is 2.55 bits per heavy atom. The molecule has 4 heteroatoms. The van der Waals surface area contributed by atoms with E-state index in [1.54, 1.807) is 0 Å². The van der Waals surface area contributed by atoms with E-state index in [2.05, 4.69) is 36.3 Å². The molecule has 0 aromatic rings. The number of rotatable bonds is 8. The van der Waals surface area contributed by atoms with Gasteiger partial charge in [0.05, 0.1) is 6.54 Å². The first-order chi connectivity index (χ1) is 9.54. The van der Waals surface area contributed by atoms with E-state index in [0.29, 0.717) is 18.5 Å². The fraction of sp³-hybridized carbons (Fsp3) is 0.938. The van der Waals surface area contributed by atoms with Gasteiger partial charge in [0.1, 0.15) is 0 Å². The van der Waals surface area contributed by atoms with Gasteiger partial charge < -0.3 is 10.6 Å². The Bertz CT molecular complexity index is 309. The summed E-state index contributed by atoms with van der Waals surface area (Å²) in [5.41, 5.74) is 0. The average Bonchev–Trinajstić information content (AvgIpc) is 3.03. The van der Waals surface area contributed by atoms with Crippen molar-refractivity contribution in [3.05, 3.63) is 0 Å². The number of carbonyl (C=O) groups excluding carboxylic acids is 1. The van der Waals surface area contributed by atoms with Crippen LogP contribution in [0.2, 0.25) is 0 Å². The minimum atomic E-state index is 0.185. The highest BCUT2D eigenvalue weighted by molar-refractivity contribution is 5.78. The minimum absolute atomic E-state index is 0.185. The first-order valence-electron chi connectivity index (χ1n) is 8.29. The SMILES string of the molecule is CC(C)C(C)NC(=O)CN(CC1CC1)CC1CCCN1. The number of hydrogen-bond acceptors (Lipinski definition) is 3. The Labute approximate surface area is 123 Å². The molecule has 4 nitrogen and oxygen atoms in total. The minimum Gasteiger partial charge on any atom is -0.352 e. The van der Waals surface area contributed by atoms with Crippen LogP contribution in [0.3, 0.4) is 0 Å². The van der Waals surface area contributed by atoms with E-state index in [1.807, 2.05) is 0 Å². The van der Waals surface area contributed by atoms with Gasteiger partial charge in [0.2, 0.25) is 5.91 Å². The third-order valence-electron chi connectivity index (χ3n) is 4.61. The van der Waals surface area contributed by atoms with Gasteiger partial charge in [-0.2, -0.15) is 0 Å². The molecule has 0 aromatic carbocycles. The molecule has 2 rings (SSSR count). The Morgan fingerprint density at radius 1 is 1.25 bits per heavy atom. The summed E-state index contributed by atoms with van der Waals surface area (Å²) in [6, 6.07) is 0.846. The van der Waals surface area contributed by atoms with Gasteiger partial charge in [-0.3, -0.25) is 9.69 Å². The fourth-order valence-corrected chi connectivity index (χ4v) is 2.76. The molecule has 1 aliphatic carbocycles. The van der Waals surface area contributed by atoms with Crippen LogP contribution in [0.25, 0.3) is 0 Å². The van der Waals surface area contributed by atoms with Crippen molar-refractivity contribution >= 4 is 5.91 Å². The van der Waals surface area contributed by atoms with Gasteiger partial charge in [-0.05, 0) is 51.0 Å². The van der Waals surface area contributed by atoms with Crippen LogP contribution in [0, 0.1) is 11.8 Å². The lowest BCUT2D eigenvalue weighted by Crippen LogP contribution is -2.46. The van der Waals surface area contributed by atoms with Crippen molar-refractivity contribution in [2.24, 2.45) is 11.8 Å². The van der Waals surface area contributed by atoms with Gasteiger partial charge in [-0.25, -0.2) is 0 Å². The summed E-state index contributed by atoms with van der Waals surface area (Å²) in [6.45, 7) is 10.2. The van der Waals surface area contributed by atoms with E-state index >= 15 is 0 Å². The van der Waals surface area contributed by atoms with Crippen molar-refractivity contribution in [1.82, 2.24) is 15.5 Å². The maximum Gasteiger partial charge on any atom is 0.234 e. The average molecular weight is 281 g/mol. The molecular formula is C16H31N3O. The predicted molar refractivity (Wildman–Crippen MR) is 82.6 cm³/mol. The van der Waals surface area contributed by atoms with Gasteiger partial charge in [-0.15, -0.1) is 0 Å². The van der Waals surface area contributed by atoms with Gasteiger partial charge in [-0.1, -0.05) is 13.8 Å². The molecule has 0 radical (unpaired) electrons. The molecule has 0 aromatic heterocycles. The van der Waals surface area contributed by atoms with Crippen LogP contribution in [-0.2, 0) is 4.79 Å². The van der Waals surface area contributed by atoms with Crippen LogP contribution in [-0.4, -0.2) is 49.1 Å². The highest BCUT2D eigenvalue weighted by atomic mass is 16.2. The first kappa shape index (κ1) is 15.8. The summed E-state index contributed by atoms with van der Waals surface area (Å²) < 4.78 is 0. The highest BCUT2D eigenvalue weighted by Gasteiger charge is 2.27. The molecule has 2 N–H and O–H groups in total. The second kappa shape index (κ2) is 7.41. The topological polar surface area (TPSA) is 44.4 Å². The zero-order valence-electron chi connectivity index (χ0n) is 13.3. The largest absolute Gasteiger partial charge is 0.352 e. The lowest BCUT2D eigenvalue weighted by molar-refractivity contribution is -0.123. The van der Waals surface area contributed by atoms with Crippen molar-refractivity contribution < 1.29 is 4.79 Å². The molecule has 0 bridgehead atoms. The summed E-state index contributed by atoms with van der Waals surface area (Å²) >= 11 is 0. The molecule has 2 fully saturated rings. The highest BCUT2D eigenvalue weighted by Crippen LogP contribution is 2.29. The van der Waals surface area contributed by atoms with Crippen LogP contribution in [0.1, 0.15) is 46.5 Å². The predicted octanol–water partition coefficient (Wildman–Crippen LogP) is 1.61. The summed E-state index contributed by atoms with van der Waals surface area (Å²) in [7, 11) is 0. The van der Waals surface area contributed by atoms with Crippen LogP contribution >= 0.6 is 0 Å². The maximum atomic E-state index is 12.2. The van der Waals surface area contributed by atoms with Crippen molar-refractivity contribution in [3.8, 4) is 0 Å². The normalized spacial score (nSPS) is 24.4. The molecule has 2 unspecified atom stereocenters. The van der Waals surface area contributed by atoms with Crippen molar-refractivity contribution in [2.75, 3.05) is 26.2 Å².